The molecule has 0 bridgehead atoms. The fourth-order valence-electron chi connectivity index (χ4n) is 2.09. The Hall–Kier alpha value is -2.60. The average molecular weight is 284 g/mol. The molecule has 21 heavy (non-hydrogen) atoms. The van der Waals surface area contributed by atoms with Crippen LogP contribution in [-0.2, 0) is 0 Å². The molecule has 0 aliphatic heterocycles. The van der Waals surface area contributed by atoms with E-state index in [1.807, 2.05) is 30.3 Å². The van der Waals surface area contributed by atoms with Crippen molar-refractivity contribution >= 4 is 0 Å². The zero-order valence-corrected chi connectivity index (χ0v) is 11.3. The Morgan fingerprint density at radius 3 is 2.67 bits per heavy atom. The van der Waals surface area contributed by atoms with Gasteiger partial charge >= 0.3 is 0 Å². The van der Waals surface area contributed by atoms with Crippen molar-refractivity contribution in [2.24, 2.45) is 0 Å². The molecule has 0 saturated heterocycles. The van der Waals surface area contributed by atoms with E-state index in [-0.39, 0.29) is 17.5 Å². The van der Waals surface area contributed by atoms with Crippen LogP contribution in [0.1, 0.15) is 17.5 Å². The molecule has 0 amide bonds. The normalized spacial score (nSPS) is 12.3. The summed E-state index contributed by atoms with van der Waals surface area (Å²) >= 11 is 0. The molecule has 0 spiro atoms. The van der Waals surface area contributed by atoms with Crippen LogP contribution in [0.4, 0.5) is 4.39 Å². The van der Waals surface area contributed by atoms with Crippen LogP contribution < -0.4 is 5.32 Å². The van der Waals surface area contributed by atoms with Gasteiger partial charge in [0.1, 0.15) is 6.04 Å². The second kappa shape index (κ2) is 5.80. The maximum absolute atomic E-state index is 13.7. The molecule has 0 saturated carbocycles. The lowest BCUT2D eigenvalue weighted by atomic mass is 10.1. The van der Waals surface area contributed by atoms with Gasteiger partial charge in [-0.15, -0.1) is 10.2 Å². The Labute approximate surface area is 120 Å². The van der Waals surface area contributed by atoms with Gasteiger partial charge in [0.25, 0.3) is 5.89 Å². The molecule has 1 N–H and O–H groups in total. The molecule has 1 aromatic carbocycles. The molecule has 1 atom stereocenters. The molecule has 2 heterocycles. The SMILES string of the molecule is CNC(c1ccccc1)c1nnc(-c2ccncc2F)o1. The van der Waals surface area contributed by atoms with Crippen molar-refractivity contribution in [1.82, 2.24) is 20.5 Å². The van der Waals surface area contributed by atoms with E-state index in [1.54, 1.807) is 7.05 Å². The zero-order valence-electron chi connectivity index (χ0n) is 11.3. The predicted molar refractivity (Wildman–Crippen MR) is 74.8 cm³/mol. The maximum Gasteiger partial charge on any atom is 0.250 e. The van der Waals surface area contributed by atoms with E-state index in [1.165, 1.54) is 12.3 Å². The van der Waals surface area contributed by atoms with Crippen LogP contribution in [-0.4, -0.2) is 22.2 Å². The molecule has 106 valence electrons. The van der Waals surface area contributed by atoms with E-state index in [9.17, 15) is 4.39 Å². The monoisotopic (exact) mass is 284 g/mol. The molecule has 3 aromatic rings. The molecule has 5 nitrogen and oxygen atoms in total. The molecule has 0 aliphatic carbocycles. The highest BCUT2D eigenvalue weighted by Gasteiger charge is 2.20. The minimum absolute atomic E-state index is 0.140. The first-order valence-electron chi connectivity index (χ1n) is 6.45. The van der Waals surface area contributed by atoms with Crippen molar-refractivity contribution in [3.63, 3.8) is 0 Å². The Bertz CT molecular complexity index is 729. The second-order valence-corrected chi connectivity index (χ2v) is 4.43. The topological polar surface area (TPSA) is 63.8 Å². The molecular formula is C15H13FN4O. The van der Waals surface area contributed by atoms with Crippen LogP contribution in [0.25, 0.3) is 11.5 Å². The minimum Gasteiger partial charge on any atom is -0.418 e. The highest BCUT2D eigenvalue weighted by molar-refractivity contribution is 5.52. The lowest BCUT2D eigenvalue weighted by Gasteiger charge is -2.11. The van der Waals surface area contributed by atoms with E-state index in [0.29, 0.717) is 5.89 Å². The Morgan fingerprint density at radius 2 is 1.95 bits per heavy atom. The quantitative estimate of drug-likeness (QED) is 0.797. The third kappa shape index (κ3) is 2.66. The fourth-order valence-corrected chi connectivity index (χ4v) is 2.09. The zero-order chi connectivity index (χ0) is 14.7. The van der Waals surface area contributed by atoms with Crippen molar-refractivity contribution in [2.45, 2.75) is 6.04 Å². The number of hydrogen-bond donors (Lipinski definition) is 1. The van der Waals surface area contributed by atoms with E-state index in [4.69, 9.17) is 4.42 Å². The molecule has 6 heteroatoms. The largest absolute Gasteiger partial charge is 0.418 e. The van der Waals surface area contributed by atoms with Crippen molar-refractivity contribution in [3.8, 4) is 11.5 Å². The molecule has 3 rings (SSSR count). The summed E-state index contributed by atoms with van der Waals surface area (Å²) in [5.41, 5.74) is 1.23. The third-order valence-electron chi connectivity index (χ3n) is 3.11. The van der Waals surface area contributed by atoms with Crippen LogP contribution in [0, 0.1) is 5.82 Å². The van der Waals surface area contributed by atoms with Crippen molar-refractivity contribution < 1.29 is 8.81 Å². The van der Waals surface area contributed by atoms with E-state index < -0.39 is 5.82 Å². The molecule has 2 aromatic heterocycles. The first-order chi connectivity index (χ1) is 10.3. The maximum atomic E-state index is 13.7. The van der Waals surface area contributed by atoms with Crippen LogP contribution >= 0.6 is 0 Å². The standard InChI is InChI=1S/C15H13FN4O/c1-17-13(10-5-3-2-4-6-10)15-20-19-14(21-15)11-7-8-18-9-12(11)16/h2-9,13,17H,1H3. The van der Waals surface area contributed by atoms with Gasteiger partial charge in [0, 0.05) is 6.20 Å². The number of halogens is 1. The molecular weight excluding hydrogens is 271 g/mol. The number of aromatic nitrogens is 3. The van der Waals surface area contributed by atoms with Gasteiger partial charge in [-0.1, -0.05) is 30.3 Å². The Balaban J connectivity index is 1.96. The smallest absolute Gasteiger partial charge is 0.250 e. The summed E-state index contributed by atoms with van der Waals surface area (Å²) in [6.07, 6.45) is 2.60. The summed E-state index contributed by atoms with van der Waals surface area (Å²) in [5.74, 6) is 0.0319. The summed E-state index contributed by atoms with van der Waals surface area (Å²) in [4.78, 5) is 3.70. The summed E-state index contributed by atoms with van der Waals surface area (Å²) in [6.45, 7) is 0. The van der Waals surface area contributed by atoms with E-state index in [2.05, 4.69) is 20.5 Å². The molecule has 0 aliphatic rings. The number of pyridine rings is 1. The van der Waals surface area contributed by atoms with Gasteiger partial charge in [-0.3, -0.25) is 4.98 Å². The van der Waals surface area contributed by atoms with Gasteiger partial charge in [-0.25, -0.2) is 4.39 Å². The first-order valence-corrected chi connectivity index (χ1v) is 6.45. The summed E-state index contributed by atoms with van der Waals surface area (Å²) < 4.78 is 19.3. The fraction of sp³-hybridized carbons (Fsp3) is 0.133. The van der Waals surface area contributed by atoms with Crippen LogP contribution in [0.3, 0.4) is 0 Å². The van der Waals surface area contributed by atoms with Crippen molar-refractivity contribution in [1.29, 1.82) is 0 Å². The molecule has 1 unspecified atom stereocenters. The first kappa shape index (κ1) is 13.4. The summed E-state index contributed by atoms with van der Waals surface area (Å²) in [5, 5.41) is 11.0. The van der Waals surface area contributed by atoms with Crippen LogP contribution in [0.15, 0.2) is 53.2 Å². The van der Waals surface area contributed by atoms with E-state index in [0.717, 1.165) is 11.8 Å². The van der Waals surface area contributed by atoms with Gasteiger partial charge < -0.3 is 9.73 Å². The second-order valence-electron chi connectivity index (χ2n) is 4.43. The van der Waals surface area contributed by atoms with Crippen molar-refractivity contribution in [3.05, 3.63) is 66.1 Å². The van der Waals surface area contributed by atoms with E-state index >= 15 is 0 Å². The lowest BCUT2D eigenvalue weighted by Crippen LogP contribution is -2.17. The Kier molecular flexibility index (Phi) is 3.70. The average Bonchev–Trinajstić information content (AvgIpc) is 2.99. The van der Waals surface area contributed by atoms with Gasteiger partial charge in [-0.2, -0.15) is 0 Å². The van der Waals surface area contributed by atoms with Crippen LogP contribution in [0.2, 0.25) is 0 Å². The number of nitrogens with zero attached hydrogens (tertiary/aromatic N) is 3. The van der Waals surface area contributed by atoms with Gasteiger partial charge in [0.15, 0.2) is 5.82 Å². The number of rotatable bonds is 4. The predicted octanol–water partition coefficient (Wildman–Crippen LogP) is 2.58. The molecule has 0 radical (unpaired) electrons. The third-order valence-corrected chi connectivity index (χ3v) is 3.11. The van der Waals surface area contributed by atoms with Crippen LogP contribution in [0.5, 0.6) is 0 Å². The number of hydrogen-bond acceptors (Lipinski definition) is 5. The highest BCUT2D eigenvalue weighted by Crippen LogP contribution is 2.25. The summed E-state index contributed by atoms with van der Waals surface area (Å²) in [6, 6.07) is 11.0. The summed E-state index contributed by atoms with van der Waals surface area (Å²) in [7, 11) is 1.80. The number of nitrogens with one attached hydrogen (secondary N) is 1. The minimum atomic E-state index is -0.492. The number of benzene rings is 1. The molecule has 0 fully saturated rings. The Morgan fingerprint density at radius 1 is 1.14 bits per heavy atom. The van der Waals surface area contributed by atoms with Gasteiger partial charge in [-0.05, 0) is 18.7 Å². The van der Waals surface area contributed by atoms with Gasteiger partial charge in [0.05, 0.1) is 11.8 Å². The van der Waals surface area contributed by atoms with Crippen molar-refractivity contribution in [2.75, 3.05) is 7.05 Å². The highest BCUT2D eigenvalue weighted by atomic mass is 19.1. The van der Waals surface area contributed by atoms with Gasteiger partial charge in [0.2, 0.25) is 5.89 Å². The lowest BCUT2D eigenvalue weighted by molar-refractivity contribution is 0.454.